The van der Waals surface area contributed by atoms with Crippen LogP contribution in [-0.2, 0) is 4.79 Å². The van der Waals surface area contributed by atoms with Gasteiger partial charge in [-0.3, -0.25) is 14.9 Å². The zero-order valence-electron chi connectivity index (χ0n) is 10.5. The van der Waals surface area contributed by atoms with Crippen molar-refractivity contribution in [1.82, 2.24) is 5.32 Å². The fraction of sp³-hybridized carbons (Fsp3) is 0.273. The minimum absolute atomic E-state index is 0.0377. The molecular formula is C11H12FN3O5. The summed E-state index contributed by atoms with van der Waals surface area (Å²) in [6, 6.07) is 1.37. The van der Waals surface area contributed by atoms with E-state index in [1.54, 1.807) is 0 Å². The van der Waals surface area contributed by atoms with Gasteiger partial charge in [-0.05, 0) is 0 Å². The molecule has 0 heterocycles. The topological polar surface area (TPSA) is 122 Å². The Bertz CT molecular complexity index is 561. The predicted octanol–water partition coefficient (Wildman–Crippen LogP) is 0.980. The van der Waals surface area contributed by atoms with Crippen LogP contribution in [0.1, 0.15) is 16.8 Å². The molecule has 0 spiro atoms. The van der Waals surface area contributed by atoms with Crippen LogP contribution in [-0.4, -0.2) is 35.5 Å². The Morgan fingerprint density at radius 3 is 2.60 bits per heavy atom. The van der Waals surface area contributed by atoms with Gasteiger partial charge in [-0.25, -0.2) is 9.18 Å². The van der Waals surface area contributed by atoms with E-state index in [1.165, 1.54) is 7.05 Å². The molecule has 20 heavy (non-hydrogen) atoms. The van der Waals surface area contributed by atoms with Crippen LogP contribution in [0, 0.1) is 15.9 Å². The molecule has 9 heteroatoms. The van der Waals surface area contributed by atoms with Crippen molar-refractivity contribution in [2.45, 2.75) is 6.42 Å². The lowest BCUT2D eigenvalue weighted by molar-refractivity contribution is -0.384. The van der Waals surface area contributed by atoms with Gasteiger partial charge in [0.1, 0.15) is 17.1 Å². The maximum Gasteiger partial charge on any atom is 0.338 e. The molecule has 0 unspecified atom stereocenters. The summed E-state index contributed by atoms with van der Waals surface area (Å²) in [6.45, 7) is 0.0480. The molecule has 0 saturated heterocycles. The number of benzene rings is 1. The highest BCUT2D eigenvalue weighted by molar-refractivity contribution is 5.90. The summed E-state index contributed by atoms with van der Waals surface area (Å²) in [5.74, 6) is -2.98. The van der Waals surface area contributed by atoms with Crippen LogP contribution >= 0.6 is 0 Å². The molecule has 1 amide bonds. The van der Waals surface area contributed by atoms with Gasteiger partial charge in [0.2, 0.25) is 5.91 Å². The first-order chi connectivity index (χ1) is 9.36. The molecule has 1 rings (SSSR count). The molecule has 8 nitrogen and oxygen atoms in total. The molecular weight excluding hydrogens is 273 g/mol. The number of hydrogen-bond donors (Lipinski definition) is 3. The molecule has 0 aliphatic rings. The zero-order chi connectivity index (χ0) is 15.3. The van der Waals surface area contributed by atoms with E-state index < -0.39 is 28.0 Å². The van der Waals surface area contributed by atoms with Crippen molar-refractivity contribution in [3.05, 3.63) is 33.6 Å². The van der Waals surface area contributed by atoms with Gasteiger partial charge in [0.15, 0.2) is 0 Å². The van der Waals surface area contributed by atoms with Gasteiger partial charge < -0.3 is 15.7 Å². The molecule has 1 aromatic carbocycles. The molecule has 108 valence electrons. The van der Waals surface area contributed by atoms with Gasteiger partial charge in [-0.15, -0.1) is 0 Å². The Morgan fingerprint density at radius 1 is 1.45 bits per heavy atom. The van der Waals surface area contributed by atoms with Gasteiger partial charge in [-0.1, -0.05) is 0 Å². The van der Waals surface area contributed by atoms with Crippen LogP contribution in [0.4, 0.5) is 15.8 Å². The van der Waals surface area contributed by atoms with Crippen LogP contribution in [0.2, 0.25) is 0 Å². The molecule has 0 radical (unpaired) electrons. The van der Waals surface area contributed by atoms with Crippen LogP contribution in [0.25, 0.3) is 0 Å². The second-order valence-electron chi connectivity index (χ2n) is 3.76. The monoisotopic (exact) mass is 285 g/mol. The Morgan fingerprint density at radius 2 is 2.10 bits per heavy atom. The molecule has 0 fully saturated rings. The summed E-state index contributed by atoms with van der Waals surface area (Å²) in [4.78, 5) is 31.7. The molecule has 1 aromatic rings. The van der Waals surface area contributed by atoms with Gasteiger partial charge in [-0.2, -0.15) is 0 Å². The number of amides is 1. The van der Waals surface area contributed by atoms with Gasteiger partial charge in [0.05, 0.1) is 4.92 Å². The normalized spacial score (nSPS) is 9.90. The molecule has 0 aliphatic carbocycles. The first-order valence-electron chi connectivity index (χ1n) is 5.52. The van der Waals surface area contributed by atoms with Crippen molar-refractivity contribution in [1.29, 1.82) is 0 Å². The summed E-state index contributed by atoms with van der Waals surface area (Å²) in [5.41, 5.74) is -1.53. The summed E-state index contributed by atoms with van der Waals surface area (Å²) in [6.07, 6.45) is 0.0377. The highest BCUT2D eigenvalue weighted by Gasteiger charge is 2.21. The lowest BCUT2D eigenvalue weighted by Gasteiger charge is -2.08. The Kier molecular flexibility index (Phi) is 4.95. The van der Waals surface area contributed by atoms with E-state index in [9.17, 15) is 24.1 Å². The number of carbonyl (C=O) groups excluding carboxylic acids is 1. The Labute approximate surface area is 112 Å². The third kappa shape index (κ3) is 3.64. The number of aromatic carboxylic acids is 1. The molecule has 3 N–H and O–H groups in total. The quantitative estimate of drug-likeness (QED) is 0.529. The number of hydrogen-bond acceptors (Lipinski definition) is 5. The SMILES string of the molecule is CNC(=O)CCNc1cc(F)c(C(=O)O)cc1[N+](=O)[O-]. The lowest BCUT2D eigenvalue weighted by atomic mass is 10.1. The molecule has 0 aliphatic heterocycles. The van der Waals surface area contributed by atoms with E-state index in [0.717, 1.165) is 6.07 Å². The smallest absolute Gasteiger partial charge is 0.338 e. The van der Waals surface area contributed by atoms with Crippen LogP contribution in [0.15, 0.2) is 12.1 Å². The van der Waals surface area contributed by atoms with E-state index in [1.807, 2.05) is 0 Å². The van der Waals surface area contributed by atoms with Gasteiger partial charge >= 0.3 is 5.97 Å². The number of rotatable bonds is 6. The number of carbonyl (C=O) groups is 2. The molecule has 0 aromatic heterocycles. The van der Waals surface area contributed by atoms with Crippen molar-refractivity contribution in [2.24, 2.45) is 0 Å². The Balaban J connectivity index is 3.00. The van der Waals surface area contributed by atoms with Gasteiger partial charge in [0, 0.05) is 32.1 Å². The van der Waals surface area contributed by atoms with E-state index >= 15 is 0 Å². The second-order valence-corrected chi connectivity index (χ2v) is 3.76. The van der Waals surface area contributed by atoms with Crippen molar-refractivity contribution < 1.29 is 24.0 Å². The lowest BCUT2D eigenvalue weighted by Crippen LogP contribution is -2.21. The standard InChI is InChI=1S/C11H12FN3O5/c1-13-10(16)2-3-14-8-5-7(12)6(11(17)18)4-9(8)15(19)20/h4-5,14H,2-3H2,1H3,(H,13,16)(H,17,18). The third-order valence-electron chi connectivity index (χ3n) is 2.46. The Hall–Kier alpha value is -2.71. The van der Waals surface area contributed by atoms with E-state index in [4.69, 9.17) is 5.11 Å². The van der Waals surface area contributed by atoms with E-state index in [2.05, 4.69) is 10.6 Å². The van der Waals surface area contributed by atoms with Crippen LogP contribution in [0.3, 0.4) is 0 Å². The van der Waals surface area contributed by atoms with Crippen LogP contribution < -0.4 is 10.6 Å². The number of nitro groups is 1. The fourth-order valence-electron chi connectivity index (χ4n) is 1.45. The second kappa shape index (κ2) is 6.45. The first-order valence-corrected chi connectivity index (χ1v) is 5.52. The summed E-state index contributed by atoms with van der Waals surface area (Å²) in [7, 11) is 1.44. The first kappa shape index (κ1) is 15.3. The predicted molar refractivity (Wildman–Crippen MR) is 67.2 cm³/mol. The summed E-state index contributed by atoms with van der Waals surface area (Å²) >= 11 is 0. The highest BCUT2D eigenvalue weighted by atomic mass is 19.1. The summed E-state index contributed by atoms with van der Waals surface area (Å²) in [5, 5.41) is 24.4. The van der Waals surface area contributed by atoms with Crippen molar-refractivity contribution in [3.8, 4) is 0 Å². The average molecular weight is 285 g/mol. The number of nitrogens with zero attached hydrogens (tertiary/aromatic N) is 1. The molecule has 0 saturated carbocycles. The number of nitrogens with one attached hydrogen (secondary N) is 2. The number of carboxylic acid groups (broad SMARTS) is 1. The molecule has 0 bridgehead atoms. The van der Waals surface area contributed by atoms with Gasteiger partial charge in [0.25, 0.3) is 5.69 Å². The maximum atomic E-state index is 13.5. The number of anilines is 1. The maximum absolute atomic E-state index is 13.5. The molecule has 0 atom stereocenters. The minimum atomic E-state index is -1.59. The number of nitro benzene ring substituents is 1. The van der Waals surface area contributed by atoms with Crippen molar-refractivity contribution in [2.75, 3.05) is 18.9 Å². The summed E-state index contributed by atoms with van der Waals surface area (Å²) < 4.78 is 13.5. The average Bonchev–Trinajstić information content (AvgIpc) is 2.37. The minimum Gasteiger partial charge on any atom is -0.478 e. The van der Waals surface area contributed by atoms with Crippen LogP contribution in [0.5, 0.6) is 0 Å². The van der Waals surface area contributed by atoms with E-state index in [0.29, 0.717) is 6.07 Å². The number of halogens is 1. The van der Waals surface area contributed by atoms with Crippen molar-refractivity contribution in [3.63, 3.8) is 0 Å². The fourth-order valence-corrected chi connectivity index (χ4v) is 1.45. The van der Waals surface area contributed by atoms with E-state index in [-0.39, 0.29) is 24.6 Å². The largest absolute Gasteiger partial charge is 0.478 e. The third-order valence-corrected chi connectivity index (χ3v) is 2.46. The number of carboxylic acids is 1. The zero-order valence-corrected chi connectivity index (χ0v) is 10.5. The van der Waals surface area contributed by atoms with Crippen molar-refractivity contribution >= 4 is 23.3 Å². The highest BCUT2D eigenvalue weighted by Crippen LogP contribution is 2.27.